The summed E-state index contributed by atoms with van der Waals surface area (Å²) in [6.45, 7) is 1.57. The molecule has 0 amide bonds. The molecule has 0 rings (SSSR count). The van der Waals surface area contributed by atoms with Crippen molar-refractivity contribution < 1.29 is 2.74 Å². The quantitative estimate of drug-likeness (QED) is 0.487. The molecule has 0 radical (unpaired) electrons. The van der Waals surface area contributed by atoms with Crippen LogP contribution in [0.3, 0.4) is 0 Å². The summed E-state index contributed by atoms with van der Waals surface area (Å²) in [6.07, 6.45) is 0.302. The van der Waals surface area contributed by atoms with Crippen LogP contribution in [0.5, 0.6) is 0 Å². The predicted molar refractivity (Wildman–Crippen MR) is 30.2 cm³/mol. The smallest absolute Gasteiger partial charge is 0.0264 e. The summed E-state index contributed by atoms with van der Waals surface area (Å²) in [5.74, 6) is 0.563. The highest BCUT2D eigenvalue weighted by Crippen LogP contribution is 1.93. The fourth-order valence-corrected chi connectivity index (χ4v) is 0.377. The van der Waals surface area contributed by atoms with Crippen LogP contribution in [-0.2, 0) is 0 Å². The lowest BCUT2D eigenvalue weighted by Crippen LogP contribution is -1.70. The van der Waals surface area contributed by atoms with Crippen molar-refractivity contribution in [3.05, 3.63) is 0 Å². The summed E-state index contributed by atoms with van der Waals surface area (Å²) < 4.78 is 14.1. The van der Waals surface area contributed by atoms with Gasteiger partial charge in [-0.2, -0.15) is 0 Å². The lowest BCUT2D eigenvalue weighted by Gasteiger charge is -1.84. The molecule has 0 heterocycles. The molecule has 0 aliphatic rings. The van der Waals surface area contributed by atoms with Crippen molar-refractivity contribution in [2.24, 2.45) is 0 Å². The molecule has 38 valence electrons. The Morgan fingerprint density at radius 3 is 2.50 bits per heavy atom. The van der Waals surface area contributed by atoms with Gasteiger partial charge in [-0.25, -0.2) is 0 Å². The molecular formula is C5H11Cl. The normalized spacial score (nSPS) is 16.3. The summed E-state index contributed by atoms with van der Waals surface area (Å²) in [6, 6.07) is 0. The van der Waals surface area contributed by atoms with E-state index in [1.165, 1.54) is 0 Å². The number of rotatable bonds is 3. The first-order chi connectivity index (χ1) is 3.56. The van der Waals surface area contributed by atoms with Crippen LogP contribution in [0.25, 0.3) is 0 Å². The Morgan fingerprint density at radius 2 is 2.33 bits per heavy atom. The molecule has 0 aromatic heterocycles. The molecule has 0 spiro atoms. The Morgan fingerprint density at radius 1 is 1.67 bits per heavy atom. The maximum atomic E-state index is 7.04. The zero-order chi connectivity index (χ0) is 6.62. The van der Waals surface area contributed by atoms with Gasteiger partial charge < -0.3 is 0 Å². The van der Waals surface area contributed by atoms with Crippen molar-refractivity contribution in [2.45, 2.75) is 26.1 Å². The van der Waals surface area contributed by atoms with Crippen molar-refractivity contribution in [1.29, 1.82) is 0 Å². The van der Waals surface area contributed by atoms with Gasteiger partial charge in [-0.3, -0.25) is 0 Å². The molecule has 0 nitrogen and oxygen atoms in total. The summed E-state index contributed by atoms with van der Waals surface area (Å²) in [5, 5.41) is 0. The van der Waals surface area contributed by atoms with Crippen LogP contribution in [0.1, 0.15) is 28.9 Å². The maximum absolute atomic E-state index is 7.04. The van der Waals surface area contributed by atoms with Gasteiger partial charge in [-0.05, 0) is 6.42 Å². The molecule has 0 N–H and O–H groups in total. The largest absolute Gasteiger partial charge is 0.127 e. The second kappa shape index (κ2) is 5.29. The molecule has 0 aromatic rings. The topological polar surface area (TPSA) is 0 Å². The van der Waals surface area contributed by atoms with Gasteiger partial charge in [0.05, 0.1) is 0 Å². The molecule has 0 aromatic carbocycles. The number of hydrogen-bond acceptors (Lipinski definition) is 0. The van der Waals surface area contributed by atoms with Crippen molar-refractivity contribution >= 4 is 11.6 Å². The highest BCUT2D eigenvalue weighted by Gasteiger charge is 1.76. The summed E-state index contributed by atoms with van der Waals surface area (Å²) in [4.78, 5) is 0. The molecule has 0 aliphatic carbocycles. The molecular weight excluding hydrogens is 95.5 g/mol. The standard InChI is InChI=1S/C5H11Cl/c1-2-3-4-5-6/h2-5H2,1H3/i2D2. The van der Waals surface area contributed by atoms with E-state index in [2.05, 4.69) is 0 Å². The molecule has 0 bridgehead atoms. The van der Waals surface area contributed by atoms with Crippen molar-refractivity contribution in [1.82, 2.24) is 0 Å². The molecule has 6 heavy (non-hydrogen) atoms. The van der Waals surface area contributed by atoms with Gasteiger partial charge in [0.2, 0.25) is 0 Å². The highest BCUT2D eigenvalue weighted by molar-refractivity contribution is 6.17. The average Bonchev–Trinajstić information content (AvgIpc) is 1.59. The molecule has 0 aliphatic heterocycles. The lowest BCUT2D eigenvalue weighted by molar-refractivity contribution is 0.776. The Kier molecular flexibility index (Phi) is 2.92. The zero-order valence-electron chi connectivity index (χ0n) is 6.00. The fourth-order valence-electron chi connectivity index (χ4n) is 0.244. The van der Waals surface area contributed by atoms with E-state index in [0.29, 0.717) is 12.3 Å². The molecule has 0 atom stereocenters. The summed E-state index contributed by atoms with van der Waals surface area (Å²) in [5.41, 5.74) is 0. The van der Waals surface area contributed by atoms with Crippen LogP contribution < -0.4 is 0 Å². The third kappa shape index (κ3) is 4.29. The second-order valence-electron chi connectivity index (χ2n) is 1.15. The lowest BCUT2D eigenvalue weighted by atomic mass is 10.3. The molecule has 0 unspecified atom stereocenters. The first-order valence-corrected chi connectivity index (χ1v) is 2.66. The fraction of sp³-hybridized carbons (Fsp3) is 1.00. The molecule has 0 fully saturated rings. The van der Waals surface area contributed by atoms with Crippen LogP contribution >= 0.6 is 11.6 Å². The van der Waals surface area contributed by atoms with E-state index in [-0.39, 0.29) is 0 Å². The van der Waals surface area contributed by atoms with E-state index >= 15 is 0 Å². The number of halogens is 1. The van der Waals surface area contributed by atoms with Gasteiger partial charge in [0.15, 0.2) is 0 Å². The molecule has 1 heteroatoms. The minimum atomic E-state index is -1.03. The van der Waals surface area contributed by atoms with Crippen molar-refractivity contribution in [2.75, 3.05) is 5.88 Å². The van der Waals surface area contributed by atoms with Crippen LogP contribution in [0, 0.1) is 0 Å². The Labute approximate surface area is 47.3 Å². The Balaban J connectivity index is 3.11. The first-order valence-electron chi connectivity index (χ1n) is 3.12. The molecule has 0 saturated carbocycles. The van der Waals surface area contributed by atoms with Gasteiger partial charge >= 0.3 is 0 Å². The molecule has 0 saturated heterocycles. The number of alkyl halides is 1. The summed E-state index contributed by atoms with van der Waals surface area (Å²) >= 11 is 5.34. The second-order valence-corrected chi connectivity index (χ2v) is 1.52. The van der Waals surface area contributed by atoms with Crippen molar-refractivity contribution in [3.8, 4) is 0 Å². The zero-order valence-corrected chi connectivity index (χ0v) is 4.76. The van der Waals surface area contributed by atoms with E-state index in [4.69, 9.17) is 14.3 Å². The Hall–Kier alpha value is 0.290. The van der Waals surface area contributed by atoms with E-state index in [1.54, 1.807) is 6.92 Å². The summed E-state index contributed by atoms with van der Waals surface area (Å²) in [7, 11) is 0. The van der Waals surface area contributed by atoms with E-state index in [0.717, 1.165) is 6.42 Å². The first kappa shape index (κ1) is 3.31. The van der Waals surface area contributed by atoms with Gasteiger partial charge in [-0.1, -0.05) is 19.7 Å². The van der Waals surface area contributed by atoms with Crippen molar-refractivity contribution in [3.63, 3.8) is 0 Å². The highest BCUT2D eigenvalue weighted by atomic mass is 35.5. The maximum Gasteiger partial charge on any atom is 0.0264 e. The van der Waals surface area contributed by atoms with Crippen LogP contribution in [0.15, 0.2) is 0 Å². The average molecular weight is 109 g/mol. The van der Waals surface area contributed by atoms with Gasteiger partial charge in [0.25, 0.3) is 0 Å². The third-order valence-corrected chi connectivity index (χ3v) is 0.828. The van der Waals surface area contributed by atoms with Gasteiger partial charge in [0, 0.05) is 8.62 Å². The number of hydrogen-bond donors (Lipinski definition) is 0. The van der Waals surface area contributed by atoms with Gasteiger partial charge in [-0.15, -0.1) is 11.6 Å². The Bertz CT molecular complexity index is 57.9. The minimum Gasteiger partial charge on any atom is -0.127 e. The van der Waals surface area contributed by atoms with Crippen LogP contribution in [0.4, 0.5) is 0 Å². The SMILES string of the molecule is [2H]C([2H])(C)CCCCl. The van der Waals surface area contributed by atoms with Crippen LogP contribution in [-0.4, -0.2) is 5.88 Å². The van der Waals surface area contributed by atoms with E-state index in [9.17, 15) is 0 Å². The van der Waals surface area contributed by atoms with E-state index < -0.39 is 6.37 Å². The predicted octanol–water partition coefficient (Wildman–Crippen LogP) is 2.42. The van der Waals surface area contributed by atoms with E-state index in [1.807, 2.05) is 0 Å². The minimum absolute atomic E-state index is 0.563. The monoisotopic (exact) mass is 108 g/mol. The van der Waals surface area contributed by atoms with Gasteiger partial charge in [0.1, 0.15) is 0 Å². The van der Waals surface area contributed by atoms with Crippen LogP contribution in [0.2, 0.25) is 0 Å². The third-order valence-electron chi connectivity index (χ3n) is 0.560.